The van der Waals surface area contributed by atoms with E-state index in [1.807, 2.05) is 0 Å². The lowest BCUT2D eigenvalue weighted by Gasteiger charge is -2.06. The topological polar surface area (TPSA) is 42.2 Å². The van der Waals surface area contributed by atoms with Crippen LogP contribution in [0.15, 0.2) is 34.9 Å². The number of halogens is 3. The summed E-state index contributed by atoms with van der Waals surface area (Å²) >= 11 is 17.4. The summed E-state index contributed by atoms with van der Waals surface area (Å²) in [5, 5.41) is 3.49. The molecule has 0 bridgehead atoms. The zero-order chi connectivity index (χ0) is 12.4. The maximum atomic E-state index is 11.8. The molecule has 1 aromatic carbocycles. The van der Waals surface area contributed by atoms with Crippen molar-refractivity contribution >= 4 is 46.4 Å². The van der Waals surface area contributed by atoms with Crippen molar-refractivity contribution in [3.63, 3.8) is 0 Å². The Hall–Kier alpha value is -1.16. The summed E-state index contributed by atoms with van der Waals surface area (Å²) in [6, 6.07) is 6.24. The summed E-state index contributed by atoms with van der Waals surface area (Å²) < 4.78 is 4.82. The van der Waals surface area contributed by atoms with Crippen LogP contribution in [0, 0.1) is 0 Å². The largest absolute Gasteiger partial charge is 0.452 e. The van der Waals surface area contributed by atoms with Crippen molar-refractivity contribution in [3.05, 3.63) is 51.4 Å². The van der Waals surface area contributed by atoms with E-state index in [0.29, 0.717) is 15.7 Å². The molecule has 1 aromatic heterocycles. The van der Waals surface area contributed by atoms with E-state index in [1.165, 1.54) is 12.3 Å². The van der Waals surface area contributed by atoms with E-state index in [-0.39, 0.29) is 10.8 Å². The summed E-state index contributed by atoms with van der Waals surface area (Å²) in [6.45, 7) is 0. The van der Waals surface area contributed by atoms with Gasteiger partial charge in [-0.1, -0.05) is 23.2 Å². The fourth-order valence-electron chi connectivity index (χ4n) is 1.24. The van der Waals surface area contributed by atoms with Gasteiger partial charge < -0.3 is 9.73 Å². The van der Waals surface area contributed by atoms with Gasteiger partial charge in [-0.25, -0.2) is 0 Å². The smallest absolute Gasteiger partial charge is 0.260 e. The second-order valence-corrected chi connectivity index (χ2v) is 4.37. The molecular formula is C11H6Cl3NO2. The minimum absolute atomic E-state index is 0.0284. The van der Waals surface area contributed by atoms with E-state index in [0.717, 1.165) is 0 Å². The second kappa shape index (κ2) is 5.00. The van der Waals surface area contributed by atoms with Gasteiger partial charge in [-0.3, -0.25) is 4.79 Å². The van der Waals surface area contributed by atoms with Crippen LogP contribution >= 0.6 is 34.8 Å². The van der Waals surface area contributed by atoms with Crippen LogP contribution in [-0.2, 0) is 0 Å². The molecule has 88 valence electrons. The molecular weight excluding hydrogens is 284 g/mol. The highest BCUT2D eigenvalue weighted by atomic mass is 35.5. The van der Waals surface area contributed by atoms with Crippen molar-refractivity contribution in [2.75, 3.05) is 5.32 Å². The van der Waals surface area contributed by atoms with Crippen LogP contribution in [0.5, 0.6) is 0 Å². The van der Waals surface area contributed by atoms with Crippen molar-refractivity contribution in [2.45, 2.75) is 0 Å². The SMILES string of the molecule is O=C(Nc1cc(Cl)ccc1Cl)c1ccoc1Cl. The van der Waals surface area contributed by atoms with Crippen LogP contribution < -0.4 is 5.32 Å². The van der Waals surface area contributed by atoms with Gasteiger partial charge in [-0.15, -0.1) is 0 Å². The Morgan fingerprint density at radius 1 is 1.18 bits per heavy atom. The van der Waals surface area contributed by atoms with Crippen molar-refractivity contribution in [1.29, 1.82) is 0 Å². The molecule has 1 N–H and O–H groups in total. The summed E-state index contributed by atoms with van der Waals surface area (Å²) in [4.78, 5) is 11.8. The van der Waals surface area contributed by atoms with Crippen LogP contribution in [0.1, 0.15) is 10.4 Å². The molecule has 2 aromatic rings. The van der Waals surface area contributed by atoms with E-state index in [2.05, 4.69) is 5.32 Å². The van der Waals surface area contributed by atoms with E-state index >= 15 is 0 Å². The van der Waals surface area contributed by atoms with Crippen molar-refractivity contribution in [2.24, 2.45) is 0 Å². The lowest BCUT2D eigenvalue weighted by molar-refractivity contribution is 0.102. The number of furan rings is 1. The predicted molar refractivity (Wildman–Crippen MR) is 68.1 cm³/mol. The molecule has 2 rings (SSSR count). The molecule has 0 saturated carbocycles. The minimum atomic E-state index is -0.409. The van der Waals surface area contributed by atoms with Gasteiger partial charge in [0.25, 0.3) is 5.91 Å². The van der Waals surface area contributed by atoms with Gasteiger partial charge in [0.15, 0.2) is 0 Å². The molecule has 0 aliphatic heterocycles. The van der Waals surface area contributed by atoms with Crippen LogP contribution in [0.25, 0.3) is 0 Å². The molecule has 0 aliphatic rings. The third-order valence-electron chi connectivity index (χ3n) is 2.04. The number of hydrogen-bond acceptors (Lipinski definition) is 2. The number of carbonyl (C=O) groups is 1. The maximum absolute atomic E-state index is 11.8. The minimum Gasteiger partial charge on any atom is -0.452 e. The predicted octanol–water partition coefficient (Wildman–Crippen LogP) is 4.49. The molecule has 0 fully saturated rings. The van der Waals surface area contributed by atoms with Crippen molar-refractivity contribution in [3.8, 4) is 0 Å². The van der Waals surface area contributed by atoms with E-state index in [9.17, 15) is 4.79 Å². The number of anilines is 1. The number of nitrogens with one attached hydrogen (secondary N) is 1. The van der Waals surface area contributed by atoms with Gasteiger partial charge in [-0.2, -0.15) is 0 Å². The number of hydrogen-bond donors (Lipinski definition) is 1. The Morgan fingerprint density at radius 3 is 2.59 bits per heavy atom. The number of amides is 1. The van der Waals surface area contributed by atoms with Crippen LogP contribution in [0.4, 0.5) is 5.69 Å². The summed E-state index contributed by atoms with van der Waals surface area (Å²) in [7, 11) is 0. The third kappa shape index (κ3) is 2.75. The normalized spacial score (nSPS) is 10.3. The van der Waals surface area contributed by atoms with Crippen LogP contribution in [0.3, 0.4) is 0 Å². The number of carbonyl (C=O) groups excluding carboxylic acids is 1. The van der Waals surface area contributed by atoms with Crippen molar-refractivity contribution in [1.82, 2.24) is 0 Å². The molecule has 0 atom stereocenters. The van der Waals surface area contributed by atoms with E-state index < -0.39 is 5.91 Å². The third-order valence-corrected chi connectivity index (χ3v) is 2.90. The molecule has 1 heterocycles. The lowest BCUT2D eigenvalue weighted by atomic mass is 10.2. The summed E-state index contributed by atoms with van der Waals surface area (Å²) in [6.07, 6.45) is 1.33. The van der Waals surface area contributed by atoms with Gasteiger partial charge >= 0.3 is 0 Å². The first-order chi connectivity index (χ1) is 8.08. The standard InChI is InChI=1S/C11H6Cl3NO2/c12-6-1-2-8(13)9(5-6)15-11(16)7-3-4-17-10(7)14/h1-5H,(H,15,16). The zero-order valence-electron chi connectivity index (χ0n) is 8.34. The van der Waals surface area contributed by atoms with E-state index in [1.54, 1.807) is 18.2 Å². The number of benzene rings is 1. The Morgan fingerprint density at radius 2 is 1.94 bits per heavy atom. The van der Waals surface area contributed by atoms with Gasteiger partial charge in [0.05, 0.1) is 22.5 Å². The Bertz CT molecular complexity index is 566. The molecule has 0 spiro atoms. The Labute approximate surface area is 112 Å². The zero-order valence-corrected chi connectivity index (χ0v) is 10.6. The summed E-state index contributed by atoms with van der Waals surface area (Å²) in [5.41, 5.74) is 0.657. The van der Waals surface area contributed by atoms with Gasteiger partial charge in [0.2, 0.25) is 5.22 Å². The Kier molecular flexibility index (Phi) is 3.62. The van der Waals surface area contributed by atoms with Gasteiger partial charge in [0.1, 0.15) is 0 Å². The summed E-state index contributed by atoms with van der Waals surface area (Å²) in [5.74, 6) is -0.409. The fourth-order valence-corrected chi connectivity index (χ4v) is 1.78. The maximum Gasteiger partial charge on any atom is 0.260 e. The highest BCUT2D eigenvalue weighted by Crippen LogP contribution is 2.26. The first-order valence-electron chi connectivity index (χ1n) is 4.57. The van der Waals surface area contributed by atoms with Crippen LogP contribution in [-0.4, -0.2) is 5.91 Å². The van der Waals surface area contributed by atoms with Crippen molar-refractivity contribution < 1.29 is 9.21 Å². The molecule has 0 unspecified atom stereocenters. The molecule has 6 heteroatoms. The quantitative estimate of drug-likeness (QED) is 0.885. The van der Waals surface area contributed by atoms with E-state index in [4.69, 9.17) is 39.2 Å². The average Bonchev–Trinajstić information content (AvgIpc) is 2.70. The molecule has 17 heavy (non-hydrogen) atoms. The monoisotopic (exact) mass is 289 g/mol. The molecule has 0 saturated heterocycles. The average molecular weight is 291 g/mol. The number of rotatable bonds is 2. The van der Waals surface area contributed by atoms with Gasteiger partial charge in [0, 0.05) is 5.02 Å². The fraction of sp³-hybridized carbons (Fsp3) is 0. The molecule has 1 amide bonds. The highest BCUT2D eigenvalue weighted by molar-refractivity contribution is 6.36. The first-order valence-corrected chi connectivity index (χ1v) is 5.70. The highest BCUT2D eigenvalue weighted by Gasteiger charge is 2.14. The van der Waals surface area contributed by atoms with Crippen LogP contribution in [0.2, 0.25) is 15.3 Å². The van der Waals surface area contributed by atoms with Gasteiger partial charge in [-0.05, 0) is 35.9 Å². The first kappa shape index (κ1) is 12.3. The molecule has 0 aliphatic carbocycles. The molecule has 3 nitrogen and oxygen atoms in total. The molecule has 0 radical (unpaired) electrons. The lowest BCUT2D eigenvalue weighted by Crippen LogP contribution is -2.11. The second-order valence-electron chi connectivity index (χ2n) is 3.19. The Balaban J connectivity index is 2.24.